The fraction of sp³-hybridized carbons (Fsp3) is 0.400. The Bertz CT molecular complexity index is 866. The van der Waals surface area contributed by atoms with Gasteiger partial charge in [-0.1, -0.05) is 6.07 Å². The molecule has 1 fully saturated rings. The topological polar surface area (TPSA) is 70.6 Å². The number of aryl methyl sites for hydroxylation is 2. The molecule has 0 saturated carbocycles. The highest BCUT2D eigenvalue weighted by Crippen LogP contribution is 2.29. The molecule has 6 heteroatoms. The first-order chi connectivity index (χ1) is 12.7. The van der Waals surface area contributed by atoms with Crippen molar-refractivity contribution in [1.29, 1.82) is 0 Å². The minimum absolute atomic E-state index is 0.479. The zero-order valence-electron chi connectivity index (χ0n) is 15.3. The zero-order chi connectivity index (χ0) is 17.9. The number of likely N-dealkylation sites (tertiary alicyclic amines) is 1. The van der Waals surface area contributed by atoms with E-state index in [0.717, 1.165) is 66.9 Å². The maximum Gasteiger partial charge on any atom is 0.156 e. The zero-order valence-corrected chi connectivity index (χ0v) is 15.3. The fourth-order valence-electron chi connectivity index (χ4n) is 3.63. The summed E-state index contributed by atoms with van der Waals surface area (Å²) < 4.78 is 0. The third-order valence-electron chi connectivity index (χ3n) is 4.94. The molecule has 4 heterocycles. The van der Waals surface area contributed by atoms with Crippen molar-refractivity contribution < 1.29 is 0 Å². The quantitative estimate of drug-likeness (QED) is 0.784. The molecule has 1 aliphatic rings. The van der Waals surface area contributed by atoms with Crippen LogP contribution in [0.3, 0.4) is 0 Å². The minimum atomic E-state index is 0.479. The van der Waals surface area contributed by atoms with Crippen LogP contribution < -0.4 is 0 Å². The number of aromatic nitrogens is 5. The van der Waals surface area contributed by atoms with Crippen LogP contribution in [0.25, 0.3) is 11.5 Å². The number of nitrogens with zero attached hydrogens (tertiary/aromatic N) is 5. The van der Waals surface area contributed by atoms with Crippen molar-refractivity contribution in [3.8, 4) is 11.5 Å². The van der Waals surface area contributed by atoms with Crippen molar-refractivity contribution in [3.63, 3.8) is 0 Å². The third kappa shape index (κ3) is 3.80. The van der Waals surface area contributed by atoms with Gasteiger partial charge in [0.1, 0.15) is 11.5 Å². The van der Waals surface area contributed by atoms with Gasteiger partial charge in [0.2, 0.25) is 0 Å². The molecule has 0 bridgehead atoms. The number of hydrogen-bond donors (Lipinski definition) is 1. The fourth-order valence-corrected chi connectivity index (χ4v) is 3.63. The molecular formula is C20H24N6. The van der Waals surface area contributed by atoms with Gasteiger partial charge >= 0.3 is 0 Å². The molecule has 1 N–H and O–H groups in total. The Hall–Kier alpha value is -2.60. The Labute approximate surface area is 153 Å². The number of nitrogens with one attached hydrogen (secondary N) is 1. The van der Waals surface area contributed by atoms with Gasteiger partial charge in [0, 0.05) is 36.2 Å². The van der Waals surface area contributed by atoms with Crippen molar-refractivity contribution >= 4 is 0 Å². The van der Waals surface area contributed by atoms with Crippen LogP contribution in [0.5, 0.6) is 0 Å². The van der Waals surface area contributed by atoms with Gasteiger partial charge in [-0.2, -0.15) is 0 Å². The van der Waals surface area contributed by atoms with E-state index >= 15 is 0 Å². The summed E-state index contributed by atoms with van der Waals surface area (Å²) in [5.41, 5.74) is 4.25. The summed E-state index contributed by atoms with van der Waals surface area (Å²) in [4.78, 5) is 23.8. The number of hydrogen-bond acceptors (Lipinski definition) is 5. The van der Waals surface area contributed by atoms with Gasteiger partial charge in [-0.15, -0.1) is 0 Å². The number of H-pyrrole nitrogens is 1. The monoisotopic (exact) mass is 348 g/mol. The van der Waals surface area contributed by atoms with Gasteiger partial charge in [0.25, 0.3) is 0 Å². The highest BCUT2D eigenvalue weighted by atomic mass is 15.1. The molecule has 3 aromatic rings. The summed E-state index contributed by atoms with van der Waals surface area (Å²) in [7, 11) is 0. The van der Waals surface area contributed by atoms with Crippen LogP contribution in [0.1, 0.15) is 41.7 Å². The number of imidazole rings is 1. The van der Waals surface area contributed by atoms with Crippen molar-refractivity contribution in [1.82, 2.24) is 29.8 Å². The van der Waals surface area contributed by atoms with Crippen molar-refractivity contribution in [2.75, 3.05) is 13.1 Å². The second kappa shape index (κ2) is 7.33. The standard InChI is InChI=1S/C20H24N6/c1-14-4-3-5-17(23-14)13-26-10-6-16(7-11-26)18-12-19(25-15(2)24-18)20-21-8-9-22-20/h3-5,8-9,12,16H,6-7,10-11,13H2,1-2H3,(H,21,22). The Balaban J connectivity index is 1.43. The summed E-state index contributed by atoms with van der Waals surface area (Å²) >= 11 is 0. The van der Waals surface area contributed by atoms with Gasteiger partial charge < -0.3 is 4.98 Å². The Kier molecular flexibility index (Phi) is 4.75. The first-order valence-corrected chi connectivity index (χ1v) is 9.17. The summed E-state index contributed by atoms with van der Waals surface area (Å²) in [5, 5.41) is 0. The van der Waals surface area contributed by atoms with Gasteiger partial charge in [-0.05, 0) is 58.0 Å². The van der Waals surface area contributed by atoms with E-state index < -0.39 is 0 Å². The molecule has 6 nitrogen and oxygen atoms in total. The maximum atomic E-state index is 4.70. The predicted octanol–water partition coefficient (Wildman–Crippen LogP) is 3.26. The lowest BCUT2D eigenvalue weighted by Crippen LogP contribution is -2.33. The van der Waals surface area contributed by atoms with Crippen molar-refractivity contribution in [2.24, 2.45) is 0 Å². The highest BCUT2D eigenvalue weighted by molar-refractivity contribution is 5.49. The molecule has 134 valence electrons. The van der Waals surface area contributed by atoms with E-state index in [1.165, 1.54) is 0 Å². The molecule has 0 aromatic carbocycles. The summed E-state index contributed by atoms with van der Waals surface area (Å²) in [6.45, 7) is 7.06. The average molecular weight is 348 g/mol. The molecule has 1 saturated heterocycles. The van der Waals surface area contributed by atoms with Crippen LogP contribution in [0.4, 0.5) is 0 Å². The van der Waals surface area contributed by atoms with Crippen LogP contribution in [-0.2, 0) is 6.54 Å². The van der Waals surface area contributed by atoms with Gasteiger partial charge in [0.05, 0.1) is 5.69 Å². The summed E-state index contributed by atoms with van der Waals surface area (Å²) in [5.74, 6) is 2.09. The van der Waals surface area contributed by atoms with Crippen LogP contribution in [0, 0.1) is 13.8 Å². The van der Waals surface area contributed by atoms with Crippen LogP contribution in [-0.4, -0.2) is 42.9 Å². The lowest BCUT2D eigenvalue weighted by atomic mass is 9.92. The minimum Gasteiger partial charge on any atom is -0.343 e. The molecule has 1 aliphatic heterocycles. The van der Waals surface area contributed by atoms with E-state index in [4.69, 9.17) is 4.98 Å². The molecule has 0 aliphatic carbocycles. The van der Waals surface area contributed by atoms with Crippen molar-refractivity contribution in [2.45, 2.75) is 39.2 Å². The average Bonchev–Trinajstić information content (AvgIpc) is 3.17. The van der Waals surface area contributed by atoms with E-state index in [0.29, 0.717) is 5.92 Å². The highest BCUT2D eigenvalue weighted by Gasteiger charge is 2.23. The maximum absolute atomic E-state index is 4.70. The molecule has 0 radical (unpaired) electrons. The van der Waals surface area contributed by atoms with Gasteiger partial charge in [0.15, 0.2) is 5.82 Å². The SMILES string of the molecule is Cc1cccc(CN2CCC(c3cc(-c4ncc[nH]4)nc(C)n3)CC2)n1. The van der Waals surface area contributed by atoms with Crippen LogP contribution in [0.15, 0.2) is 36.7 Å². The van der Waals surface area contributed by atoms with E-state index in [1.54, 1.807) is 6.20 Å². The number of piperidine rings is 1. The lowest BCUT2D eigenvalue weighted by molar-refractivity contribution is 0.201. The molecule has 4 rings (SSSR count). The van der Waals surface area contributed by atoms with Gasteiger partial charge in [-0.25, -0.2) is 15.0 Å². The van der Waals surface area contributed by atoms with Crippen molar-refractivity contribution in [3.05, 3.63) is 59.6 Å². The molecule has 26 heavy (non-hydrogen) atoms. The number of rotatable bonds is 4. The Morgan fingerprint density at radius 2 is 1.96 bits per heavy atom. The number of aromatic amines is 1. The first kappa shape index (κ1) is 16.8. The Morgan fingerprint density at radius 1 is 1.12 bits per heavy atom. The van der Waals surface area contributed by atoms with Gasteiger partial charge in [-0.3, -0.25) is 9.88 Å². The molecule has 0 atom stereocenters. The van der Waals surface area contributed by atoms with E-state index in [9.17, 15) is 0 Å². The molecule has 0 unspecified atom stereocenters. The second-order valence-electron chi connectivity index (χ2n) is 6.98. The summed E-state index contributed by atoms with van der Waals surface area (Å²) in [6.07, 6.45) is 5.80. The predicted molar refractivity (Wildman–Crippen MR) is 101 cm³/mol. The van der Waals surface area contributed by atoms with Crippen LogP contribution in [0.2, 0.25) is 0 Å². The first-order valence-electron chi connectivity index (χ1n) is 9.17. The Morgan fingerprint density at radius 3 is 2.69 bits per heavy atom. The van der Waals surface area contributed by atoms with Crippen LogP contribution >= 0.6 is 0 Å². The smallest absolute Gasteiger partial charge is 0.156 e. The van der Waals surface area contributed by atoms with E-state index in [2.05, 4.69) is 43.0 Å². The summed E-state index contributed by atoms with van der Waals surface area (Å²) in [6, 6.07) is 8.34. The van der Waals surface area contributed by atoms with E-state index in [-0.39, 0.29) is 0 Å². The molecule has 0 amide bonds. The number of pyridine rings is 1. The molecule has 0 spiro atoms. The largest absolute Gasteiger partial charge is 0.343 e. The third-order valence-corrected chi connectivity index (χ3v) is 4.94. The molecular weight excluding hydrogens is 324 g/mol. The lowest BCUT2D eigenvalue weighted by Gasteiger charge is -2.31. The second-order valence-corrected chi connectivity index (χ2v) is 6.98. The van der Waals surface area contributed by atoms with E-state index in [1.807, 2.05) is 26.1 Å². The molecule has 3 aromatic heterocycles. The normalized spacial score (nSPS) is 16.1.